The molecule has 1 aromatic carbocycles. The van der Waals surface area contributed by atoms with Crippen LogP contribution in [-0.2, 0) is 24.5 Å². The van der Waals surface area contributed by atoms with E-state index in [9.17, 15) is 19.5 Å². The molecule has 0 aliphatic heterocycles. The van der Waals surface area contributed by atoms with Gasteiger partial charge in [-0.15, -0.1) is 0 Å². The third kappa shape index (κ3) is 2.03. The molecule has 7 heteroatoms. The number of aliphatic carboxylic acids is 1. The summed E-state index contributed by atoms with van der Waals surface area (Å²) in [5.74, 6) is -3.17. The van der Waals surface area contributed by atoms with Gasteiger partial charge in [0.15, 0.2) is 11.1 Å². The van der Waals surface area contributed by atoms with Crippen LogP contribution in [0.3, 0.4) is 0 Å². The highest BCUT2D eigenvalue weighted by molar-refractivity contribution is 9.10. The normalized spacial score (nSPS) is 30.1. The van der Waals surface area contributed by atoms with Crippen LogP contribution in [0.1, 0.15) is 12.5 Å². The van der Waals surface area contributed by atoms with Crippen LogP contribution in [-0.4, -0.2) is 42.0 Å². The number of aldehydes is 2. The lowest BCUT2D eigenvalue weighted by Gasteiger charge is -2.17. The molecule has 0 spiro atoms. The molecule has 1 fully saturated rings. The van der Waals surface area contributed by atoms with Gasteiger partial charge in [-0.05, 0) is 24.6 Å². The van der Waals surface area contributed by atoms with Crippen LogP contribution in [0, 0.1) is 5.92 Å². The zero-order valence-corrected chi connectivity index (χ0v) is 13.2. The summed E-state index contributed by atoms with van der Waals surface area (Å²) in [4.78, 5) is 33.9. The summed E-state index contributed by atoms with van der Waals surface area (Å²) < 4.78 is 21.3. The smallest absolute Gasteiger partial charge is 0.320 e. The maximum Gasteiger partial charge on any atom is 0.320 e. The number of carbonyl (C=O) groups is 3. The first kappa shape index (κ1) is 16.8. The van der Waals surface area contributed by atoms with Crippen molar-refractivity contribution in [3.05, 3.63) is 34.3 Å². The monoisotopic (exact) mass is 372 g/mol. The van der Waals surface area contributed by atoms with E-state index in [2.05, 4.69) is 15.9 Å². The van der Waals surface area contributed by atoms with E-state index < -0.39 is 29.1 Å². The van der Waals surface area contributed by atoms with Crippen molar-refractivity contribution >= 4 is 34.5 Å². The molecule has 22 heavy (non-hydrogen) atoms. The Kier molecular flexibility index (Phi) is 4.49. The van der Waals surface area contributed by atoms with Crippen molar-refractivity contribution in [2.45, 2.75) is 24.1 Å². The predicted octanol–water partition coefficient (Wildman–Crippen LogP) is 1.91. The number of benzene rings is 1. The second-order valence-electron chi connectivity index (χ2n) is 5.02. The third-order valence-electron chi connectivity index (χ3n) is 4.04. The van der Waals surface area contributed by atoms with Crippen LogP contribution in [0.15, 0.2) is 28.7 Å². The van der Waals surface area contributed by atoms with Crippen LogP contribution in [0.4, 0.5) is 4.39 Å². The molecule has 3 atom stereocenters. The standard InChI is InChI=1S/C15H14BrFO5/c1-2-22-12-14(13(20)21,9-3-5-11(16)6-4-9)15(12,17)10(7-18)8-19/h3-8,10,12H,2H2,1H3,(H,20,21)/t12?,14-,15+/m0/s1. The Bertz CT molecular complexity index is 596. The minimum absolute atomic E-state index is 0.0618. The molecular weight excluding hydrogens is 359 g/mol. The van der Waals surface area contributed by atoms with Crippen LogP contribution in [0.25, 0.3) is 0 Å². The number of halogens is 2. The molecule has 5 nitrogen and oxygen atoms in total. The van der Waals surface area contributed by atoms with Crippen molar-refractivity contribution in [1.82, 2.24) is 0 Å². The van der Waals surface area contributed by atoms with Gasteiger partial charge in [-0.25, -0.2) is 4.39 Å². The van der Waals surface area contributed by atoms with Crippen LogP contribution >= 0.6 is 15.9 Å². The van der Waals surface area contributed by atoms with Gasteiger partial charge in [-0.3, -0.25) is 4.79 Å². The molecule has 1 aliphatic rings. The van der Waals surface area contributed by atoms with Crippen molar-refractivity contribution < 1.29 is 28.6 Å². The summed E-state index contributed by atoms with van der Waals surface area (Å²) in [6.45, 7) is 1.65. The molecule has 0 radical (unpaired) electrons. The molecule has 2 rings (SSSR count). The van der Waals surface area contributed by atoms with Crippen LogP contribution in [0.2, 0.25) is 0 Å². The van der Waals surface area contributed by atoms with Crippen LogP contribution < -0.4 is 0 Å². The Morgan fingerprint density at radius 1 is 1.41 bits per heavy atom. The largest absolute Gasteiger partial charge is 0.480 e. The lowest BCUT2D eigenvalue weighted by atomic mass is 9.87. The highest BCUT2D eigenvalue weighted by Crippen LogP contribution is 2.65. The van der Waals surface area contributed by atoms with E-state index >= 15 is 4.39 Å². The quantitative estimate of drug-likeness (QED) is 0.584. The Morgan fingerprint density at radius 2 is 1.95 bits per heavy atom. The maximum absolute atomic E-state index is 15.4. The van der Waals surface area contributed by atoms with Crippen molar-refractivity contribution in [3.63, 3.8) is 0 Å². The van der Waals surface area contributed by atoms with Crippen molar-refractivity contribution in [1.29, 1.82) is 0 Å². The summed E-state index contributed by atoms with van der Waals surface area (Å²) in [5, 5.41) is 9.64. The van der Waals surface area contributed by atoms with E-state index in [1.165, 1.54) is 12.1 Å². The lowest BCUT2D eigenvalue weighted by Crippen LogP contribution is -2.35. The van der Waals surface area contributed by atoms with E-state index in [1.807, 2.05) is 0 Å². The maximum atomic E-state index is 15.4. The predicted molar refractivity (Wildman–Crippen MR) is 78.3 cm³/mol. The molecule has 1 unspecified atom stereocenters. The van der Waals surface area contributed by atoms with Gasteiger partial charge in [-0.2, -0.15) is 0 Å². The molecule has 0 saturated heterocycles. The van der Waals surface area contributed by atoms with Gasteiger partial charge in [-0.1, -0.05) is 28.1 Å². The van der Waals surface area contributed by atoms with E-state index in [0.29, 0.717) is 4.47 Å². The van der Waals surface area contributed by atoms with E-state index in [0.717, 1.165) is 0 Å². The van der Waals surface area contributed by atoms with Crippen LogP contribution in [0.5, 0.6) is 0 Å². The van der Waals surface area contributed by atoms with Crippen molar-refractivity contribution in [2.75, 3.05) is 6.61 Å². The molecular formula is C15H14BrFO5. The molecule has 1 saturated carbocycles. The number of carboxylic acids is 1. The second-order valence-corrected chi connectivity index (χ2v) is 5.94. The Hall–Kier alpha value is -1.60. The first-order chi connectivity index (χ1) is 10.4. The number of carboxylic acid groups (broad SMARTS) is 1. The van der Waals surface area contributed by atoms with Gasteiger partial charge >= 0.3 is 5.97 Å². The highest BCUT2D eigenvalue weighted by atomic mass is 79.9. The van der Waals surface area contributed by atoms with Gasteiger partial charge in [0.2, 0.25) is 0 Å². The molecule has 1 aromatic rings. The fraction of sp³-hybridized carbons (Fsp3) is 0.400. The number of hydrogen-bond acceptors (Lipinski definition) is 4. The number of alkyl halides is 1. The molecule has 1 aliphatic carbocycles. The van der Waals surface area contributed by atoms with Gasteiger partial charge in [0.1, 0.15) is 24.6 Å². The average Bonchev–Trinajstić information content (AvgIpc) is 3.02. The van der Waals surface area contributed by atoms with Crippen molar-refractivity contribution in [2.24, 2.45) is 5.92 Å². The Balaban J connectivity index is 2.62. The Labute approximate surface area is 134 Å². The number of hydrogen-bond donors (Lipinski definition) is 1. The minimum atomic E-state index is -2.60. The summed E-state index contributed by atoms with van der Waals surface area (Å²) in [6, 6.07) is 6.02. The minimum Gasteiger partial charge on any atom is -0.480 e. The van der Waals surface area contributed by atoms with Gasteiger partial charge in [0.25, 0.3) is 0 Å². The zero-order valence-electron chi connectivity index (χ0n) is 11.7. The SMILES string of the molecule is CCOC1[C@](F)(C(C=O)C=O)[C@@]1(C(=O)O)c1ccc(Br)cc1. The average molecular weight is 373 g/mol. The van der Waals surface area contributed by atoms with Crippen molar-refractivity contribution in [3.8, 4) is 0 Å². The first-order valence-corrected chi connectivity index (χ1v) is 7.41. The molecule has 0 bridgehead atoms. The topological polar surface area (TPSA) is 80.7 Å². The first-order valence-electron chi connectivity index (χ1n) is 6.61. The summed E-state index contributed by atoms with van der Waals surface area (Å²) in [6.07, 6.45) is -1.14. The summed E-state index contributed by atoms with van der Waals surface area (Å²) in [7, 11) is 0. The summed E-state index contributed by atoms with van der Waals surface area (Å²) >= 11 is 3.22. The fourth-order valence-corrected chi connectivity index (χ4v) is 3.26. The number of ether oxygens (including phenoxy) is 1. The third-order valence-corrected chi connectivity index (χ3v) is 4.57. The van der Waals surface area contributed by atoms with E-state index in [1.54, 1.807) is 19.1 Å². The molecule has 1 N–H and O–H groups in total. The van der Waals surface area contributed by atoms with E-state index in [4.69, 9.17) is 4.74 Å². The Morgan fingerprint density at radius 3 is 2.36 bits per heavy atom. The van der Waals surface area contributed by atoms with Gasteiger partial charge < -0.3 is 19.4 Å². The lowest BCUT2D eigenvalue weighted by molar-refractivity contribution is -0.142. The number of carbonyl (C=O) groups excluding carboxylic acids is 2. The van der Waals surface area contributed by atoms with E-state index in [-0.39, 0.29) is 24.7 Å². The highest BCUT2D eigenvalue weighted by Gasteiger charge is 2.87. The molecule has 0 heterocycles. The van der Waals surface area contributed by atoms with Gasteiger partial charge in [0.05, 0.1) is 0 Å². The molecule has 118 valence electrons. The second kappa shape index (κ2) is 5.89. The molecule has 0 aromatic heterocycles. The van der Waals surface area contributed by atoms with Gasteiger partial charge in [0, 0.05) is 11.1 Å². The molecule has 0 amide bonds. The summed E-state index contributed by atoms with van der Waals surface area (Å²) in [5.41, 5.74) is -4.53. The number of rotatable bonds is 7. The zero-order chi connectivity index (χ0) is 16.5. The fourth-order valence-electron chi connectivity index (χ4n) is 2.99.